The van der Waals surface area contributed by atoms with Gasteiger partial charge in [0, 0.05) is 11.9 Å². The molecule has 8 nitrogen and oxygen atoms in total. The number of pyridine rings is 1. The molecule has 0 saturated carbocycles. The maximum Gasteiger partial charge on any atom is 0.208 e. The fraction of sp³-hybridized carbons (Fsp3) is 0.333. The van der Waals surface area contributed by atoms with E-state index >= 15 is 0 Å². The van der Waals surface area contributed by atoms with Gasteiger partial charge in [0.05, 0.1) is 29.9 Å². The molecule has 0 aliphatic carbocycles. The van der Waals surface area contributed by atoms with Crippen LogP contribution in [0.5, 0.6) is 0 Å². The van der Waals surface area contributed by atoms with Gasteiger partial charge >= 0.3 is 0 Å². The number of fused-ring (bicyclic) bond motifs is 5. The summed E-state index contributed by atoms with van der Waals surface area (Å²) in [4.78, 5) is 8.98. The number of imidazole rings is 1. The number of ether oxygens (including phenoxy) is 1. The van der Waals surface area contributed by atoms with Gasteiger partial charge < -0.3 is 15.0 Å². The van der Waals surface area contributed by atoms with Gasteiger partial charge in [-0.15, -0.1) is 0 Å². The van der Waals surface area contributed by atoms with Gasteiger partial charge in [-0.1, -0.05) is 18.2 Å². The number of aromatic nitrogens is 3. The monoisotopic (exact) mass is 347 g/mol. The Morgan fingerprint density at radius 3 is 2.96 bits per heavy atom. The Hall–Kier alpha value is -2.23. The molecule has 0 fully saturated rings. The normalized spacial score (nSPS) is 18.1. The fourth-order valence-electron chi connectivity index (χ4n) is 3.12. The zero-order valence-corrected chi connectivity index (χ0v) is 13.9. The van der Waals surface area contributed by atoms with E-state index in [9.17, 15) is 8.42 Å². The first kappa shape index (κ1) is 15.3. The van der Waals surface area contributed by atoms with Crippen molar-refractivity contribution in [2.24, 2.45) is 0 Å². The van der Waals surface area contributed by atoms with Crippen molar-refractivity contribution < 1.29 is 13.2 Å². The van der Waals surface area contributed by atoms with E-state index in [1.54, 1.807) is 0 Å². The van der Waals surface area contributed by atoms with E-state index in [1.165, 1.54) is 0 Å². The minimum atomic E-state index is -3.29. The fourth-order valence-corrected chi connectivity index (χ4v) is 3.62. The summed E-state index contributed by atoms with van der Waals surface area (Å²) in [6.07, 6.45) is 1.14. The van der Waals surface area contributed by atoms with Crippen LogP contribution in [-0.2, 0) is 21.4 Å². The Morgan fingerprint density at radius 1 is 1.38 bits per heavy atom. The molecule has 1 aliphatic heterocycles. The summed E-state index contributed by atoms with van der Waals surface area (Å²) >= 11 is 0. The Balaban J connectivity index is 1.95. The number of hydrogen-bond donors (Lipinski definition) is 2. The van der Waals surface area contributed by atoms with Gasteiger partial charge in [0.2, 0.25) is 10.0 Å². The van der Waals surface area contributed by atoms with Gasteiger partial charge in [-0.25, -0.2) is 23.1 Å². The summed E-state index contributed by atoms with van der Waals surface area (Å²) < 4.78 is 33.0. The molecular formula is C15H17N5O3S. The van der Waals surface area contributed by atoms with Crippen LogP contribution in [0.25, 0.3) is 21.9 Å². The van der Waals surface area contributed by atoms with Crippen LogP contribution >= 0.6 is 0 Å². The second-order valence-corrected chi connectivity index (χ2v) is 7.73. The Labute approximate surface area is 138 Å². The van der Waals surface area contributed by atoms with Gasteiger partial charge in [-0.05, 0) is 6.07 Å². The predicted molar refractivity (Wildman–Crippen MR) is 91.0 cm³/mol. The number of rotatable bonds is 3. The van der Waals surface area contributed by atoms with Crippen molar-refractivity contribution in [2.45, 2.75) is 12.6 Å². The predicted octanol–water partition coefficient (Wildman–Crippen LogP) is 0.787. The second-order valence-electron chi connectivity index (χ2n) is 5.90. The lowest BCUT2D eigenvalue weighted by atomic mass is 10.1. The molecule has 2 aromatic heterocycles. The van der Waals surface area contributed by atoms with Crippen LogP contribution in [0.3, 0.4) is 0 Å². The molecule has 0 amide bonds. The minimum absolute atomic E-state index is 0.196. The molecule has 0 bridgehead atoms. The molecule has 126 valence electrons. The zero-order chi connectivity index (χ0) is 16.9. The van der Waals surface area contributed by atoms with Crippen molar-refractivity contribution >= 4 is 37.8 Å². The molecule has 4 rings (SSSR count). The molecule has 1 atom stereocenters. The minimum Gasteiger partial charge on any atom is -0.382 e. The van der Waals surface area contributed by atoms with Crippen molar-refractivity contribution in [3.05, 3.63) is 30.1 Å². The standard InChI is InChI=1S/C15H17N5O3S/c1-24(21,22)17-6-9-7-23-8-12-19-13-14(20(9)12)10-4-2-3-5-11(10)18-15(13)16/h2-5,9,17H,6-8H2,1H3,(H2,16,18)/t9-/m0/s1. The number of nitrogens with one attached hydrogen (secondary N) is 1. The maximum absolute atomic E-state index is 11.4. The molecule has 9 heteroatoms. The van der Waals surface area contributed by atoms with Crippen molar-refractivity contribution in [3.8, 4) is 0 Å². The average molecular weight is 347 g/mol. The van der Waals surface area contributed by atoms with Crippen LogP contribution < -0.4 is 10.5 Å². The first-order chi connectivity index (χ1) is 11.4. The summed E-state index contributed by atoms with van der Waals surface area (Å²) in [6.45, 7) is 0.989. The number of anilines is 1. The first-order valence-corrected chi connectivity index (χ1v) is 9.40. The third-order valence-corrected chi connectivity index (χ3v) is 4.81. The van der Waals surface area contributed by atoms with Gasteiger partial charge in [0.1, 0.15) is 17.9 Å². The maximum atomic E-state index is 11.4. The molecule has 3 aromatic rings. The Bertz CT molecular complexity index is 1040. The molecule has 1 aromatic carbocycles. The molecular weight excluding hydrogens is 330 g/mol. The van der Waals surface area contributed by atoms with Crippen LogP contribution in [0.15, 0.2) is 24.3 Å². The summed E-state index contributed by atoms with van der Waals surface area (Å²) in [5, 5.41) is 0.937. The quantitative estimate of drug-likeness (QED) is 0.724. The van der Waals surface area contributed by atoms with E-state index in [2.05, 4.69) is 14.7 Å². The number of benzene rings is 1. The van der Waals surface area contributed by atoms with Gasteiger partial charge in [-0.2, -0.15) is 0 Å². The number of nitrogens with two attached hydrogens (primary N) is 1. The lowest BCUT2D eigenvalue weighted by molar-refractivity contribution is 0.0582. The van der Waals surface area contributed by atoms with Crippen molar-refractivity contribution in [1.29, 1.82) is 0 Å². The van der Waals surface area contributed by atoms with Crippen molar-refractivity contribution in [1.82, 2.24) is 19.3 Å². The summed E-state index contributed by atoms with van der Waals surface area (Å²) in [7, 11) is -3.29. The van der Waals surface area contributed by atoms with Crippen LogP contribution in [0.1, 0.15) is 11.9 Å². The lowest BCUT2D eigenvalue weighted by Gasteiger charge is -2.26. The first-order valence-electron chi connectivity index (χ1n) is 7.51. The number of sulfonamides is 1. The van der Waals surface area contributed by atoms with Crippen molar-refractivity contribution in [2.75, 3.05) is 25.1 Å². The molecule has 3 heterocycles. The van der Waals surface area contributed by atoms with Gasteiger partial charge in [-0.3, -0.25) is 0 Å². The average Bonchev–Trinajstić information content (AvgIpc) is 2.93. The second kappa shape index (κ2) is 5.40. The molecule has 0 saturated heterocycles. The topological polar surface area (TPSA) is 112 Å². The van der Waals surface area contributed by atoms with E-state index in [-0.39, 0.29) is 12.6 Å². The van der Waals surface area contributed by atoms with Gasteiger partial charge in [0.25, 0.3) is 0 Å². The van der Waals surface area contributed by atoms with Crippen LogP contribution in [0.2, 0.25) is 0 Å². The highest BCUT2D eigenvalue weighted by molar-refractivity contribution is 7.88. The van der Waals surface area contributed by atoms with Crippen LogP contribution in [-0.4, -0.2) is 42.4 Å². The van der Waals surface area contributed by atoms with E-state index in [0.717, 1.165) is 28.5 Å². The van der Waals surface area contributed by atoms with E-state index in [4.69, 9.17) is 10.5 Å². The third-order valence-electron chi connectivity index (χ3n) is 4.11. The molecule has 0 radical (unpaired) electrons. The molecule has 24 heavy (non-hydrogen) atoms. The molecule has 0 unspecified atom stereocenters. The van der Waals surface area contributed by atoms with Crippen LogP contribution in [0, 0.1) is 0 Å². The number of nitrogens with zero attached hydrogens (tertiary/aromatic N) is 3. The van der Waals surface area contributed by atoms with E-state index in [1.807, 2.05) is 28.8 Å². The Morgan fingerprint density at radius 2 is 2.17 bits per heavy atom. The highest BCUT2D eigenvalue weighted by Crippen LogP contribution is 2.33. The van der Waals surface area contributed by atoms with Crippen molar-refractivity contribution in [3.63, 3.8) is 0 Å². The summed E-state index contributed by atoms with van der Waals surface area (Å²) in [5.74, 6) is 1.09. The summed E-state index contributed by atoms with van der Waals surface area (Å²) in [5.41, 5.74) is 8.36. The Kier molecular flexibility index (Phi) is 3.44. The third kappa shape index (κ3) is 2.50. The van der Waals surface area contributed by atoms with Gasteiger partial charge in [0.15, 0.2) is 5.82 Å². The number of hydrogen-bond acceptors (Lipinski definition) is 6. The molecule has 1 aliphatic rings. The lowest BCUT2D eigenvalue weighted by Crippen LogP contribution is -2.35. The molecule has 0 spiro atoms. The highest BCUT2D eigenvalue weighted by atomic mass is 32.2. The SMILES string of the molecule is CS(=O)(=O)NC[C@H]1COCc2nc3c(N)nc4ccccc4c3n21. The number of para-hydroxylation sites is 1. The molecule has 3 N–H and O–H groups in total. The highest BCUT2D eigenvalue weighted by Gasteiger charge is 2.27. The largest absolute Gasteiger partial charge is 0.382 e. The number of nitrogen functional groups attached to an aromatic ring is 1. The van der Waals surface area contributed by atoms with E-state index < -0.39 is 10.0 Å². The smallest absolute Gasteiger partial charge is 0.208 e. The van der Waals surface area contributed by atoms with E-state index in [0.29, 0.717) is 24.5 Å². The summed E-state index contributed by atoms with van der Waals surface area (Å²) in [6, 6.07) is 7.51. The zero-order valence-electron chi connectivity index (χ0n) is 13.1. The van der Waals surface area contributed by atoms with Crippen LogP contribution in [0.4, 0.5) is 5.82 Å².